The number of rotatable bonds is 4. The van der Waals surface area contributed by atoms with Crippen LogP contribution in [0.15, 0.2) is 42.9 Å². The van der Waals surface area contributed by atoms with Crippen LogP contribution in [0.3, 0.4) is 0 Å². The number of pyridine rings is 1. The van der Waals surface area contributed by atoms with Gasteiger partial charge >= 0.3 is 6.61 Å². The number of hydrogen-bond donors (Lipinski definition) is 2. The quantitative estimate of drug-likeness (QED) is 0.394. The predicted molar refractivity (Wildman–Crippen MR) is 136 cm³/mol. The molecule has 206 valence electrons. The van der Waals surface area contributed by atoms with E-state index in [4.69, 9.17) is 14.6 Å². The number of aromatic nitrogens is 4. The third kappa shape index (κ3) is 3.55. The van der Waals surface area contributed by atoms with Crippen molar-refractivity contribution in [1.82, 2.24) is 24.5 Å². The number of fused-ring (bicyclic) bond motifs is 9. The molecule has 0 unspecified atom stereocenters. The van der Waals surface area contributed by atoms with E-state index in [0.717, 1.165) is 11.1 Å². The number of ether oxygens (including phenoxy) is 1. The standard InChI is InChI=1S/C28H25F3N6O3/c1-27(32)11-28(39,12-27)21-9-33-17(8-34-21)14-6-18-23-15-7-19(24(23)35-37(18)10-16(14)29)36(2)25(38)13-4-3-5-20(22(13)15)40-26(30)31/h3-6,8-10,15,19,26,39H,7,11-12,32H2,1-2H3/t15-,19-,27?,28?/m1/s1/i2D3. The lowest BCUT2D eigenvalue weighted by molar-refractivity contribution is -0.0901. The molecule has 1 saturated carbocycles. The van der Waals surface area contributed by atoms with E-state index in [2.05, 4.69) is 15.1 Å². The van der Waals surface area contributed by atoms with Gasteiger partial charge in [-0.25, -0.2) is 8.91 Å². The topological polar surface area (TPSA) is 119 Å². The minimum absolute atomic E-state index is 0.0504. The highest BCUT2D eigenvalue weighted by atomic mass is 19.3. The van der Waals surface area contributed by atoms with Gasteiger partial charge in [-0.3, -0.25) is 14.8 Å². The Morgan fingerprint density at radius 2 is 2.02 bits per heavy atom. The lowest BCUT2D eigenvalue weighted by atomic mass is 9.65. The van der Waals surface area contributed by atoms with Crippen LogP contribution in [0.2, 0.25) is 0 Å². The fourth-order valence-electron chi connectivity index (χ4n) is 6.58. The number of nitrogens with zero attached hydrogens (tertiary/aromatic N) is 5. The van der Waals surface area contributed by atoms with Crippen molar-refractivity contribution in [3.05, 3.63) is 76.8 Å². The van der Waals surface area contributed by atoms with E-state index in [9.17, 15) is 18.7 Å². The number of carbonyl (C=O) groups excluding carboxylic acids is 1. The molecule has 4 aromatic rings. The third-order valence-corrected chi connectivity index (χ3v) is 8.10. The summed E-state index contributed by atoms with van der Waals surface area (Å²) in [5, 5.41) is 15.3. The number of aliphatic hydroxyl groups is 1. The Balaban J connectivity index is 1.39. The zero-order valence-corrected chi connectivity index (χ0v) is 21.1. The zero-order chi connectivity index (χ0) is 30.6. The second-order valence-electron chi connectivity index (χ2n) is 11.1. The number of alkyl halides is 2. The van der Waals surface area contributed by atoms with Crippen LogP contribution < -0.4 is 10.5 Å². The molecule has 3 aliphatic rings. The van der Waals surface area contributed by atoms with Gasteiger partial charge in [-0.15, -0.1) is 0 Å². The van der Waals surface area contributed by atoms with Crippen LogP contribution in [-0.4, -0.2) is 54.6 Å². The van der Waals surface area contributed by atoms with Gasteiger partial charge in [0.25, 0.3) is 5.91 Å². The fourth-order valence-corrected chi connectivity index (χ4v) is 6.58. The molecular weight excluding hydrogens is 525 g/mol. The summed E-state index contributed by atoms with van der Waals surface area (Å²) in [4.78, 5) is 23.0. The number of nitrogens with two attached hydrogens (primary N) is 1. The first kappa shape index (κ1) is 21.8. The number of carbonyl (C=O) groups is 1. The Labute approximate surface area is 230 Å². The van der Waals surface area contributed by atoms with Gasteiger partial charge in [0, 0.05) is 44.8 Å². The molecule has 1 aromatic carbocycles. The Morgan fingerprint density at radius 1 is 1.23 bits per heavy atom. The van der Waals surface area contributed by atoms with Crippen LogP contribution in [0.1, 0.15) is 75.1 Å². The van der Waals surface area contributed by atoms with Crippen LogP contribution in [0.5, 0.6) is 5.75 Å². The molecule has 0 spiro atoms. The molecular formula is C28H25F3N6O3. The van der Waals surface area contributed by atoms with E-state index in [1.165, 1.54) is 41.2 Å². The molecule has 1 fully saturated rings. The molecule has 9 nitrogen and oxygen atoms in total. The van der Waals surface area contributed by atoms with Gasteiger partial charge in [0.2, 0.25) is 0 Å². The average molecular weight is 554 g/mol. The molecule has 0 radical (unpaired) electrons. The molecule has 1 aliphatic heterocycles. The highest BCUT2D eigenvalue weighted by Gasteiger charge is 2.51. The van der Waals surface area contributed by atoms with Crippen LogP contribution in [0.25, 0.3) is 16.8 Å². The summed E-state index contributed by atoms with van der Waals surface area (Å²) in [6, 6.07) is 4.48. The van der Waals surface area contributed by atoms with E-state index in [0.29, 0.717) is 29.6 Å². The summed E-state index contributed by atoms with van der Waals surface area (Å²) in [5.74, 6) is -2.59. The number of hydrogen-bond acceptors (Lipinski definition) is 7. The second kappa shape index (κ2) is 8.24. The van der Waals surface area contributed by atoms with Gasteiger partial charge in [-0.2, -0.15) is 13.9 Å². The Hall–Kier alpha value is -4.03. The van der Waals surface area contributed by atoms with Crippen molar-refractivity contribution in [2.24, 2.45) is 5.73 Å². The maximum atomic E-state index is 15.5. The number of amides is 1. The lowest BCUT2D eigenvalue weighted by Crippen LogP contribution is -2.58. The Morgan fingerprint density at radius 3 is 2.70 bits per heavy atom. The maximum Gasteiger partial charge on any atom is 0.387 e. The summed E-state index contributed by atoms with van der Waals surface area (Å²) in [6.07, 6.45) is 4.47. The largest absolute Gasteiger partial charge is 0.434 e. The van der Waals surface area contributed by atoms with Crippen molar-refractivity contribution in [2.45, 2.75) is 55.9 Å². The summed E-state index contributed by atoms with van der Waals surface area (Å²) < 4.78 is 72.8. The van der Waals surface area contributed by atoms with Gasteiger partial charge in [0.15, 0.2) is 5.82 Å². The zero-order valence-electron chi connectivity index (χ0n) is 24.1. The molecule has 0 saturated heterocycles. The van der Waals surface area contributed by atoms with E-state index in [-0.39, 0.29) is 40.2 Å². The molecule has 7 rings (SSSR count). The summed E-state index contributed by atoms with van der Waals surface area (Å²) >= 11 is 0. The fraction of sp³-hybridized carbons (Fsp3) is 0.357. The maximum absolute atomic E-state index is 15.5. The summed E-state index contributed by atoms with van der Waals surface area (Å²) in [5.41, 5.74) is 5.95. The predicted octanol–water partition coefficient (Wildman–Crippen LogP) is 3.89. The van der Waals surface area contributed by atoms with Crippen molar-refractivity contribution in [3.63, 3.8) is 0 Å². The van der Waals surface area contributed by atoms with Crippen molar-refractivity contribution in [3.8, 4) is 17.0 Å². The molecule has 2 atom stereocenters. The van der Waals surface area contributed by atoms with Crippen LogP contribution in [0.4, 0.5) is 13.2 Å². The van der Waals surface area contributed by atoms with Gasteiger partial charge in [0.1, 0.15) is 11.4 Å². The van der Waals surface area contributed by atoms with Crippen LogP contribution in [0, 0.1) is 5.82 Å². The normalized spacial score (nSPS) is 28.4. The third-order valence-electron chi connectivity index (χ3n) is 8.10. The lowest BCUT2D eigenvalue weighted by Gasteiger charge is -2.48. The van der Waals surface area contributed by atoms with Crippen molar-refractivity contribution in [1.29, 1.82) is 0 Å². The SMILES string of the molecule is [2H]C([2H])([2H])N1C(=O)c2cccc(OC(F)F)c2[C@H]2C[C@@H]1c1nn3cc(F)c(-c4cnc(C5(O)CC(C)(N)C5)cn4)cc3c12. The smallest absolute Gasteiger partial charge is 0.387 e. The first-order valence-electron chi connectivity index (χ1n) is 14.1. The van der Waals surface area contributed by atoms with E-state index < -0.39 is 48.4 Å². The van der Waals surface area contributed by atoms with Crippen LogP contribution in [-0.2, 0) is 5.60 Å². The Kier molecular flexibility index (Phi) is 4.48. The number of halogens is 3. The van der Waals surface area contributed by atoms with Gasteiger partial charge in [-0.05, 0) is 44.4 Å². The van der Waals surface area contributed by atoms with E-state index in [1.807, 2.05) is 6.92 Å². The number of benzene rings is 1. The van der Waals surface area contributed by atoms with E-state index in [1.54, 1.807) is 0 Å². The highest BCUT2D eigenvalue weighted by Crippen LogP contribution is 2.53. The second-order valence-corrected chi connectivity index (χ2v) is 11.1. The van der Waals surface area contributed by atoms with Gasteiger partial charge < -0.3 is 20.5 Å². The molecule has 3 N–H and O–H groups in total. The monoisotopic (exact) mass is 553 g/mol. The first-order valence-corrected chi connectivity index (χ1v) is 12.6. The van der Waals surface area contributed by atoms with Crippen LogP contribution >= 0.6 is 0 Å². The molecule has 1 amide bonds. The van der Waals surface area contributed by atoms with Crippen molar-refractivity contribution >= 4 is 11.4 Å². The van der Waals surface area contributed by atoms with Gasteiger partial charge in [0.05, 0.1) is 47.2 Å². The van der Waals surface area contributed by atoms with Crippen molar-refractivity contribution < 1.29 is 31.9 Å². The molecule has 2 aliphatic carbocycles. The minimum Gasteiger partial charge on any atom is -0.434 e. The Bertz CT molecular complexity index is 1800. The summed E-state index contributed by atoms with van der Waals surface area (Å²) in [7, 11) is 0. The first-order chi connectivity index (χ1) is 20.2. The van der Waals surface area contributed by atoms with E-state index >= 15 is 4.39 Å². The minimum atomic E-state index is -3.19. The average Bonchev–Trinajstić information content (AvgIpc) is 3.38. The summed E-state index contributed by atoms with van der Waals surface area (Å²) in [6.45, 7) is -4.25. The highest BCUT2D eigenvalue weighted by molar-refractivity contribution is 5.98. The molecule has 12 heteroatoms. The van der Waals surface area contributed by atoms with Crippen molar-refractivity contribution in [2.75, 3.05) is 6.98 Å². The molecule has 40 heavy (non-hydrogen) atoms. The molecule has 4 heterocycles. The molecule has 2 bridgehead atoms. The van der Waals surface area contributed by atoms with Gasteiger partial charge in [-0.1, -0.05) is 6.07 Å². The molecule has 3 aromatic heterocycles.